The molecular formula is C7H8BrNO2S2. The van der Waals surface area contributed by atoms with Crippen molar-refractivity contribution >= 4 is 37.1 Å². The Morgan fingerprint density at radius 2 is 2.38 bits per heavy atom. The van der Waals surface area contributed by atoms with Crippen LogP contribution < -0.4 is 0 Å². The molecule has 0 aromatic carbocycles. The molecule has 1 atom stereocenters. The minimum atomic E-state index is -2.78. The Morgan fingerprint density at radius 3 is 2.85 bits per heavy atom. The maximum atomic E-state index is 11.2. The van der Waals surface area contributed by atoms with Gasteiger partial charge in [-0.15, -0.1) is 11.3 Å². The van der Waals surface area contributed by atoms with Crippen LogP contribution in [-0.4, -0.2) is 24.9 Å². The summed E-state index contributed by atoms with van der Waals surface area (Å²) in [6.07, 6.45) is 2.45. The quantitative estimate of drug-likeness (QED) is 0.789. The largest absolute Gasteiger partial charge is 0.248 e. The highest BCUT2D eigenvalue weighted by Gasteiger charge is 2.30. The summed E-state index contributed by atoms with van der Waals surface area (Å²) in [5.74, 6) is 0.711. The van der Waals surface area contributed by atoms with Crippen molar-refractivity contribution in [1.29, 1.82) is 0 Å². The molecule has 6 heteroatoms. The Bertz CT molecular complexity index is 412. The van der Waals surface area contributed by atoms with Crippen LogP contribution in [0.5, 0.6) is 0 Å². The van der Waals surface area contributed by atoms with Gasteiger partial charge in [-0.25, -0.2) is 13.4 Å². The van der Waals surface area contributed by atoms with Gasteiger partial charge in [0.15, 0.2) is 9.84 Å². The molecule has 2 heterocycles. The average Bonchev–Trinajstić information content (AvgIpc) is 2.56. The Balaban J connectivity index is 2.21. The SMILES string of the molecule is O=S1(=O)CCC(c2ncc(Br)s2)C1. The summed E-state index contributed by atoms with van der Waals surface area (Å²) < 4.78 is 23.3. The number of aromatic nitrogens is 1. The first kappa shape index (κ1) is 9.61. The summed E-state index contributed by atoms with van der Waals surface area (Å²) in [6, 6.07) is 0. The highest BCUT2D eigenvalue weighted by molar-refractivity contribution is 9.11. The molecule has 2 rings (SSSR count). The molecule has 1 aromatic heterocycles. The molecule has 1 aromatic rings. The van der Waals surface area contributed by atoms with Gasteiger partial charge < -0.3 is 0 Å². The Labute approximate surface area is 89.2 Å². The zero-order chi connectivity index (χ0) is 9.47. The van der Waals surface area contributed by atoms with E-state index in [1.54, 1.807) is 6.20 Å². The zero-order valence-corrected chi connectivity index (χ0v) is 9.95. The summed E-state index contributed by atoms with van der Waals surface area (Å²) >= 11 is 4.84. The van der Waals surface area contributed by atoms with Crippen molar-refractivity contribution in [2.45, 2.75) is 12.3 Å². The van der Waals surface area contributed by atoms with Gasteiger partial charge in [0.05, 0.1) is 26.5 Å². The summed E-state index contributed by atoms with van der Waals surface area (Å²) in [7, 11) is -2.78. The van der Waals surface area contributed by atoms with Crippen LogP contribution in [0.2, 0.25) is 0 Å². The summed E-state index contributed by atoms with van der Waals surface area (Å²) in [4.78, 5) is 4.17. The van der Waals surface area contributed by atoms with E-state index in [1.165, 1.54) is 11.3 Å². The molecule has 0 N–H and O–H groups in total. The van der Waals surface area contributed by atoms with Crippen LogP contribution in [0.1, 0.15) is 17.3 Å². The molecule has 0 saturated carbocycles. The number of sulfone groups is 1. The van der Waals surface area contributed by atoms with E-state index in [0.29, 0.717) is 5.75 Å². The lowest BCUT2D eigenvalue weighted by molar-refractivity contribution is 0.601. The third kappa shape index (κ3) is 2.11. The predicted molar refractivity (Wildman–Crippen MR) is 55.8 cm³/mol. The molecule has 0 aliphatic carbocycles. The molecule has 1 fully saturated rings. The van der Waals surface area contributed by atoms with E-state index < -0.39 is 9.84 Å². The first-order valence-electron chi connectivity index (χ1n) is 3.88. The molecule has 72 valence electrons. The smallest absolute Gasteiger partial charge is 0.151 e. The molecule has 3 nitrogen and oxygen atoms in total. The lowest BCUT2D eigenvalue weighted by Crippen LogP contribution is -2.03. The molecule has 0 radical (unpaired) electrons. The van der Waals surface area contributed by atoms with Crippen molar-refractivity contribution in [1.82, 2.24) is 4.98 Å². The highest BCUT2D eigenvalue weighted by atomic mass is 79.9. The Morgan fingerprint density at radius 1 is 1.62 bits per heavy atom. The minimum absolute atomic E-state index is 0.126. The minimum Gasteiger partial charge on any atom is -0.248 e. The van der Waals surface area contributed by atoms with Crippen LogP contribution in [0.15, 0.2) is 9.98 Å². The van der Waals surface area contributed by atoms with Crippen LogP contribution in [0.4, 0.5) is 0 Å². The number of nitrogens with zero attached hydrogens (tertiary/aromatic N) is 1. The van der Waals surface area contributed by atoms with Gasteiger partial charge in [-0.1, -0.05) is 0 Å². The van der Waals surface area contributed by atoms with E-state index in [1.807, 2.05) is 0 Å². The van der Waals surface area contributed by atoms with E-state index >= 15 is 0 Å². The van der Waals surface area contributed by atoms with Crippen molar-refractivity contribution in [2.75, 3.05) is 11.5 Å². The summed E-state index contributed by atoms with van der Waals surface area (Å²) in [5.41, 5.74) is 0. The zero-order valence-electron chi connectivity index (χ0n) is 6.73. The first-order valence-corrected chi connectivity index (χ1v) is 7.31. The van der Waals surface area contributed by atoms with Gasteiger partial charge in [0.2, 0.25) is 0 Å². The number of halogens is 1. The average molecular weight is 282 g/mol. The fourth-order valence-electron chi connectivity index (χ4n) is 1.45. The lowest BCUT2D eigenvalue weighted by Gasteiger charge is -2.00. The normalized spacial score (nSPS) is 26.4. The summed E-state index contributed by atoms with van der Waals surface area (Å²) in [5, 5.41) is 0.938. The van der Waals surface area contributed by atoms with Gasteiger partial charge in [-0.05, 0) is 22.4 Å². The number of thiazole rings is 1. The number of hydrogen-bond donors (Lipinski definition) is 0. The monoisotopic (exact) mass is 281 g/mol. The molecule has 1 unspecified atom stereocenters. The molecule has 13 heavy (non-hydrogen) atoms. The van der Waals surface area contributed by atoms with E-state index in [2.05, 4.69) is 20.9 Å². The second-order valence-electron chi connectivity index (χ2n) is 3.10. The number of rotatable bonds is 1. The van der Waals surface area contributed by atoms with Crippen LogP contribution in [-0.2, 0) is 9.84 Å². The van der Waals surface area contributed by atoms with Crippen LogP contribution in [0.25, 0.3) is 0 Å². The lowest BCUT2D eigenvalue weighted by atomic mass is 10.1. The maximum Gasteiger partial charge on any atom is 0.151 e. The molecule has 0 spiro atoms. The summed E-state index contributed by atoms with van der Waals surface area (Å²) in [6.45, 7) is 0. The van der Waals surface area contributed by atoms with E-state index in [9.17, 15) is 8.42 Å². The van der Waals surface area contributed by atoms with Crippen molar-refractivity contribution in [3.63, 3.8) is 0 Å². The van der Waals surface area contributed by atoms with Gasteiger partial charge in [0.25, 0.3) is 0 Å². The molecular weight excluding hydrogens is 274 g/mol. The van der Waals surface area contributed by atoms with Gasteiger partial charge >= 0.3 is 0 Å². The van der Waals surface area contributed by atoms with Crippen LogP contribution >= 0.6 is 27.3 Å². The van der Waals surface area contributed by atoms with E-state index in [-0.39, 0.29) is 11.7 Å². The topological polar surface area (TPSA) is 47.0 Å². The predicted octanol–water partition coefficient (Wildman–Crippen LogP) is 1.81. The van der Waals surface area contributed by atoms with Crippen molar-refractivity contribution in [3.05, 3.63) is 15.0 Å². The highest BCUT2D eigenvalue weighted by Crippen LogP contribution is 2.33. The van der Waals surface area contributed by atoms with Crippen LogP contribution in [0.3, 0.4) is 0 Å². The molecule has 0 amide bonds. The number of hydrogen-bond acceptors (Lipinski definition) is 4. The van der Waals surface area contributed by atoms with E-state index in [4.69, 9.17) is 0 Å². The van der Waals surface area contributed by atoms with Gasteiger partial charge in [0.1, 0.15) is 0 Å². The van der Waals surface area contributed by atoms with Crippen molar-refractivity contribution in [2.24, 2.45) is 0 Å². The fraction of sp³-hybridized carbons (Fsp3) is 0.571. The molecule has 1 saturated heterocycles. The second-order valence-corrected chi connectivity index (χ2v) is 7.77. The van der Waals surface area contributed by atoms with Crippen molar-refractivity contribution in [3.8, 4) is 0 Å². The van der Waals surface area contributed by atoms with Gasteiger partial charge in [-0.2, -0.15) is 0 Å². The Hall–Kier alpha value is 0.0600. The van der Waals surface area contributed by atoms with Crippen LogP contribution in [0, 0.1) is 0 Å². The van der Waals surface area contributed by atoms with Gasteiger partial charge in [0, 0.05) is 5.92 Å². The third-order valence-electron chi connectivity index (χ3n) is 2.08. The van der Waals surface area contributed by atoms with Crippen molar-refractivity contribution < 1.29 is 8.42 Å². The fourth-order valence-corrected chi connectivity index (χ4v) is 4.68. The molecule has 1 aliphatic heterocycles. The molecule has 1 aliphatic rings. The first-order chi connectivity index (χ1) is 6.07. The third-order valence-corrected chi connectivity index (χ3v) is 5.48. The van der Waals surface area contributed by atoms with E-state index in [0.717, 1.165) is 15.2 Å². The molecule has 0 bridgehead atoms. The maximum absolute atomic E-state index is 11.2. The standard InChI is InChI=1S/C7H8BrNO2S2/c8-6-3-9-7(12-6)5-1-2-13(10,11)4-5/h3,5H,1-2,4H2. The Kier molecular flexibility index (Phi) is 2.46. The second kappa shape index (κ2) is 3.33. The van der Waals surface area contributed by atoms with Gasteiger partial charge in [-0.3, -0.25) is 0 Å².